The molecule has 3 aromatic rings. The molecule has 0 atom stereocenters. The molecule has 5 heteroatoms. The van der Waals surface area contributed by atoms with Crippen LogP contribution < -0.4 is 5.73 Å². The molecule has 0 radical (unpaired) electrons. The number of nitrogens with zero attached hydrogens (tertiary/aromatic N) is 4. The second-order valence-electron chi connectivity index (χ2n) is 6.52. The molecular formula is C16H21N5. The van der Waals surface area contributed by atoms with Crippen molar-refractivity contribution < 1.29 is 0 Å². The molecular weight excluding hydrogens is 262 g/mol. The summed E-state index contributed by atoms with van der Waals surface area (Å²) in [6, 6.07) is 6.25. The van der Waals surface area contributed by atoms with Gasteiger partial charge in [-0.2, -0.15) is 5.10 Å². The van der Waals surface area contributed by atoms with Crippen LogP contribution in [0.15, 0.2) is 24.4 Å². The van der Waals surface area contributed by atoms with Gasteiger partial charge in [0.2, 0.25) is 0 Å². The molecule has 0 spiro atoms. The number of rotatable bonds is 1. The van der Waals surface area contributed by atoms with Crippen LogP contribution in [0.3, 0.4) is 0 Å². The molecule has 21 heavy (non-hydrogen) atoms. The lowest BCUT2D eigenvalue weighted by Crippen LogP contribution is -2.17. The lowest BCUT2D eigenvalue weighted by atomic mass is 9.96. The number of nitrogen functional groups attached to an aromatic ring is 1. The SMILES string of the molecule is Cn1ncc(-c2ccc3c(c2)nc(C(C)(C)C)n3C)c1N. The van der Waals surface area contributed by atoms with Gasteiger partial charge in [-0.3, -0.25) is 4.68 Å². The van der Waals surface area contributed by atoms with Gasteiger partial charge in [-0.25, -0.2) is 4.98 Å². The van der Waals surface area contributed by atoms with E-state index in [0.29, 0.717) is 5.82 Å². The highest BCUT2D eigenvalue weighted by Crippen LogP contribution is 2.30. The van der Waals surface area contributed by atoms with E-state index in [1.165, 1.54) is 0 Å². The summed E-state index contributed by atoms with van der Waals surface area (Å²) in [4.78, 5) is 4.80. The Balaban J connectivity index is 2.19. The van der Waals surface area contributed by atoms with Crippen molar-refractivity contribution in [2.45, 2.75) is 26.2 Å². The van der Waals surface area contributed by atoms with E-state index < -0.39 is 0 Å². The third kappa shape index (κ3) is 2.09. The van der Waals surface area contributed by atoms with Gasteiger partial charge < -0.3 is 10.3 Å². The molecule has 0 saturated carbocycles. The topological polar surface area (TPSA) is 61.7 Å². The number of anilines is 1. The van der Waals surface area contributed by atoms with E-state index in [4.69, 9.17) is 10.7 Å². The number of imidazole rings is 1. The lowest BCUT2D eigenvalue weighted by molar-refractivity contribution is 0.526. The highest BCUT2D eigenvalue weighted by atomic mass is 15.3. The summed E-state index contributed by atoms with van der Waals surface area (Å²) in [5.41, 5.74) is 10.2. The zero-order valence-electron chi connectivity index (χ0n) is 13.2. The minimum atomic E-state index is 0.0151. The fourth-order valence-electron chi connectivity index (χ4n) is 2.71. The third-order valence-corrected chi connectivity index (χ3v) is 3.85. The summed E-state index contributed by atoms with van der Waals surface area (Å²) in [6.45, 7) is 6.52. The van der Waals surface area contributed by atoms with Gasteiger partial charge in [-0.15, -0.1) is 0 Å². The Morgan fingerprint density at radius 1 is 1.14 bits per heavy atom. The van der Waals surface area contributed by atoms with Crippen molar-refractivity contribution in [1.82, 2.24) is 19.3 Å². The average molecular weight is 283 g/mol. The zero-order chi connectivity index (χ0) is 15.4. The molecule has 2 heterocycles. The fraction of sp³-hybridized carbons (Fsp3) is 0.375. The molecule has 2 aromatic heterocycles. The summed E-state index contributed by atoms with van der Waals surface area (Å²) >= 11 is 0. The first kappa shape index (κ1) is 13.7. The van der Waals surface area contributed by atoms with Gasteiger partial charge in [0.25, 0.3) is 0 Å². The Hall–Kier alpha value is -2.30. The fourth-order valence-corrected chi connectivity index (χ4v) is 2.71. The van der Waals surface area contributed by atoms with Crippen molar-refractivity contribution in [2.24, 2.45) is 14.1 Å². The van der Waals surface area contributed by atoms with Crippen LogP contribution in [0.25, 0.3) is 22.2 Å². The molecule has 0 aliphatic rings. The normalized spacial score (nSPS) is 12.2. The highest BCUT2D eigenvalue weighted by molar-refractivity contribution is 5.85. The maximum Gasteiger partial charge on any atom is 0.129 e. The smallest absolute Gasteiger partial charge is 0.129 e. The van der Waals surface area contributed by atoms with Crippen LogP contribution >= 0.6 is 0 Å². The quantitative estimate of drug-likeness (QED) is 0.747. The Morgan fingerprint density at radius 2 is 1.86 bits per heavy atom. The first-order chi connectivity index (χ1) is 9.79. The molecule has 3 rings (SSSR count). The van der Waals surface area contributed by atoms with Crippen molar-refractivity contribution in [3.8, 4) is 11.1 Å². The first-order valence-corrected chi connectivity index (χ1v) is 7.04. The summed E-state index contributed by atoms with van der Waals surface area (Å²) in [5, 5.41) is 4.20. The van der Waals surface area contributed by atoms with E-state index in [0.717, 1.165) is 28.0 Å². The predicted octanol–water partition coefficient (Wildman–Crippen LogP) is 2.85. The van der Waals surface area contributed by atoms with E-state index in [1.807, 2.05) is 7.05 Å². The van der Waals surface area contributed by atoms with Crippen molar-refractivity contribution in [2.75, 3.05) is 5.73 Å². The third-order valence-electron chi connectivity index (χ3n) is 3.85. The second-order valence-corrected chi connectivity index (χ2v) is 6.52. The molecule has 0 aliphatic heterocycles. The van der Waals surface area contributed by atoms with Crippen molar-refractivity contribution in [3.63, 3.8) is 0 Å². The van der Waals surface area contributed by atoms with Gasteiger partial charge in [0.05, 0.1) is 17.2 Å². The summed E-state index contributed by atoms with van der Waals surface area (Å²) < 4.78 is 3.84. The molecule has 0 bridgehead atoms. The van der Waals surface area contributed by atoms with Crippen LogP contribution in [0.5, 0.6) is 0 Å². The maximum atomic E-state index is 6.06. The zero-order valence-corrected chi connectivity index (χ0v) is 13.2. The Morgan fingerprint density at radius 3 is 2.43 bits per heavy atom. The number of hydrogen-bond donors (Lipinski definition) is 1. The van der Waals surface area contributed by atoms with Crippen LogP contribution in [0.4, 0.5) is 5.82 Å². The molecule has 0 amide bonds. The van der Waals surface area contributed by atoms with Crippen molar-refractivity contribution >= 4 is 16.9 Å². The van der Waals surface area contributed by atoms with Crippen LogP contribution in [0.2, 0.25) is 0 Å². The van der Waals surface area contributed by atoms with Crippen molar-refractivity contribution in [1.29, 1.82) is 0 Å². The van der Waals surface area contributed by atoms with Gasteiger partial charge in [-0.05, 0) is 17.7 Å². The van der Waals surface area contributed by atoms with Gasteiger partial charge in [0.15, 0.2) is 0 Å². The van der Waals surface area contributed by atoms with Crippen LogP contribution in [0.1, 0.15) is 26.6 Å². The van der Waals surface area contributed by atoms with Gasteiger partial charge in [-0.1, -0.05) is 26.8 Å². The molecule has 0 fully saturated rings. The Kier molecular flexibility index (Phi) is 2.83. The molecule has 2 N–H and O–H groups in total. The Labute approximate surface area is 124 Å². The number of benzene rings is 1. The van der Waals surface area contributed by atoms with Crippen LogP contribution in [-0.4, -0.2) is 19.3 Å². The largest absolute Gasteiger partial charge is 0.383 e. The van der Waals surface area contributed by atoms with Gasteiger partial charge in [0, 0.05) is 25.1 Å². The number of fused-ring (bicyclic) bond motifs is 1. The molecule has 110 valence electrons. The van der Waals surface area contributed by atoms with Crippen LogP contribution in [0, 0.1) is 0 Å². The monoisotopic (exact) mass is 283 g/mol. The second kappa shape index (κ2) is 4.35. The highest BCUT2D eigenvalue weighted by Gasteiger charge is 2.21. The maximum absolute atomic E-state index is 6.06. The standard InChI is InChI=1S/C16H21N5/c1-16(2,3)15-19-12-8-10(6-7-13(12)20(15)4)11-9-18-21(5)14(11)17/h6-9H,17H2,1-5H3. The summed E-state index contributed by atoms with van der Waals surface area (Å²) in [6.07, 6.45) is 1.80. The summed E-state index contributed by atoms with van der Waals surface area (Å²) in [7, 11) is 3.91. The molecule has 0 aliphatic carbocycles. The van der Waals surface area contributed by atoms with E-state index in [1.54, 1.807) is 10.9 Å². The van der Waals surface area contributed by atoms with E-state index in [2.05, 4.69) is 55.7 Å². The first-order valence-electron chi connectivity index (χ1n) is 7.04. The summed E-state index contributed by atoms with van der Waals surface area (Å²) in [5.74, 6) is 1.75. The average Bonchev–Trinajstić information content (AvgIpc) is 2.91. The molecule has 1 aromatic carbocycles. The predicted molar refractivity (Wildman–Crippen MR) is 86.0 cm³/mol. The molecule has 5 nitrogen and oxygen atoms in total. The van der Waals surface area contributed by atoms with E-state index in [9.17, 15) is 0 Å². The number of aromatic nitrogens is 4. The minimum absolute atomic E-state index is 0.0151. The van der Waals surface area contributed by atoms with Crippen LogP contribution in [-0.2, 0) is 19.5 Å². The number of nitrogens with two attached hydrogens (primary N) is 1. The van der Waals surface area contributed by atoms with E-state index in [-0.39, 0.29) is 5.41 Å². The number of aryl methyl sites for hydroxylation is 2. The molecule has 0 saturated heterocycles. The van der Waals surface area contributed by atoms with Crippen molar-refractivity contribution in [3.05, 3.63) is 30.2 Å². The number of hydrogen-bond acceptors (Lipinski definition) is 3. The van der Waals surface area contributed by atoms with Gasteiger partial charge >= 0.3 is 0 Å². The lowest BCUT2D eigenvalue weighted by Gasteiger charge is -2.17. The van der Waals surface area contributed by atoms with Gasteiger partial charge in [0.1, 0.15) is 11.6 Å². The molecule has 0 unspecified atom stereocenters. The Bertz CT molecular complexity index is 817. The van der Waals surface area contributed by atoms with E-state index >= 15 is 0 Å². The minimum Gasteiger partial charge on any atom is -0.383 e.